The van der Waals surface area contributed by atoms with Gasteiger partial charge in [-0.3, -0.25) is 0 Å². The average molecular weight is 386 g/mol. The van der Waals surface area contributed by atoms with Crippen LogP contribution in [0.3, 0.4) is 0 Å². The summed E-state index contributed by atoms with van der Waals surface area (Å²) < 4.78 is 27.1. The summed E-state index contributed by atoms with van der Waals surface area (Å²) in [7, 11) is -3.92. The van der Waals surface area contributed by atoms with Crippen molar-refractivity contribution in [1.82, 2.24) is 9.73 Å². The van der Waals surface area contributed by atoms with Gasteiger partial charge >= 0.3 is 6.03 Å². The number of hydrogen-bond donors (Lipinski definition) is 1. The zero-order valence-electron chi connectivity index (χ0n) is 11.8. The van der Waals surface area contributed by atoms with E-state index in [1.807, 2.05) is 0 Å². The van der Waals surface area contributed by atoms with E-state index >= 15 is 0 Å². The Kier molecular flexibility index (Phi) is 4.22. The molecule has 2 aliphatic rings. The van der Waals surface area contributed by atoms with Gasteiger partial charge in [-0.1, -0.05) is 18.6 Å². The Hall–Kier alpha value is -1.41. The molecular formula is C14H16BrN3O3S. The van der Waals surface area contributed by atoms with E-state index in [4.69, 9.17) is 0 Å². The molecule has 118 valence electrons. The van der Waals surface area contributed by atoms with Crippen LogP contribution in [0.1, 0.15) is 25.7 Å². The summed E-state index contributed by atoms with van der Waals surface area (Å²) in [6.07, 6.45) is 4.12. The first-order chi connectivity index (χ1) is 10.5. The van der Waals surface area contributed by atoms with Gasteiger partial charge in [-0.25, -0.2) is 22.9 Å². The fourth-order valence-corrected chi connectivity index (χ4v) is 4.77. The van der Waals surface area contributed by atoms with E-state index in [2.05, 4.69) is 25.8 Å². The van der Waals surface area contributed by atoms with Crippen LogP contribution < -0.4 is 4.72 Å². The number of amides is 2. The first-order valence-corrected chi connectivity index (χ1v) is 9.41. The van der Waals surface area contributed by atoms with Crippen molar-refractivity contribution in [2.24, 2.45) is 11.0 Å². The average Bonchev–Trinajstić information content (AvgIpc) is 2.91. The molecule has 0 bridgehead atoms. The molecule has 1 heterocycles. The first-order valence-electron chi connectivity index (χ1n) is 7.13. The van der Waals surface area contributed by atoms with Crippen LogP contribution in [0.4, 0.5) is 4.79 Å². The summed E-state index contributed by atoms with van der Waals surface area (Å²) in [5.74, 6) is 0.283. The highest BCUT2D eigenvalue weighted by Gasteiger charge is 2.33. The van der Waals surface area contributed by atoms with Gasteiger partial charge in [-0.05, 0) is 47.3 Å². The minimum atomic E-state index is -3.92. The lowest BCUT2D eigenvalue weighted by Gasteiger charge is -2.18. The molecule has 1 N–H and O–H groups in total. The maximum atomic E-state index is 12.3. The summed E-state index contributed by atoms with van der Waals surface area (Å²) in [5.41, 5.74) is 1.01. The van der Waals surface area contributed by atoms with Crippen LogP contribution in [0.5, 0.6) is 0 Å². The minimum Gasteiger partial charge on any atom is -0.246 e. The van der Waals surface area contributed by atoms with Crippen molar-refractivity contribution in [2.75, 3.05) is 6.54 Å². The van der Waals surface area contributed by atoms with E-state index in [0.717, 1.165) is 31.4 Å². The predicted molar refractivity (Wildman–Crippen MR) is 86.0 cm³/mol. The standard InChI is InChI=1S/C14H16BrN3O3S/c15-11-6-2-4-8-13(11)22(20,21)17-14(19)18-9-10-5-1-3-7-12(10)16-18/h2,4,6,8,10H,1,3,5,7,9H2,(H,17,19). The Labute approximate surface area is 137 Å². The molecule has 1 saturated carbocycles. The van der Waals surface area contributed by atoms with Crippen LogP contribution in [-0.4, -0.2) is 31.7 Å². The monoisotopic (exact) mass is 385 g/mol. The summed E-state index contributed by atoms with van der Waals surface area (Å²) in [6.45, 7) is 0.465. The van der Waals surface area contributed by atoms with Gasteiger partial charge in [0, 0.05) is 16.1 Å². The van der Waals surface area contributed by atoms with E-state index in [0.29, 0.717) is 11.0 Å². The number of rotatable bonds is 2. The van der Waals surface area contributed by atoms with Gasteiger partial charge in [-0.2, -0.15) is 5.10 Å². The van der Waals surface area contributed by atoms with Gasteiger partial charge in [0.25, 0.3) is 10.0 Å². The second-order valence-electron chi connectivity index (χ2n) is 5.46. The first kappa shape index (κ1) is 15.5. The Morgan fingerprint density at radius 2 is 2.09 bits per heavy atom. The molecule has 1 aromatic rings. The number of halogens is 1. The van der Waals surface area contributed by atoms with Crippen molar-refractivity contribution >= 4 is 37.7 Å². The van der Waals surface area contributed by atoms with Crippen LogP contribution >= 0.6 is 15.9 Å². The molecule has 1 aliphatic heterocycles. The predicted octanol–water partition coefficient (Wildman–Crippen LogP) is 2.71. The molecule has 0 spiro atoms. The molecule has 1 fully saturated rings. The maximum Gasteiger partial charge on any atom is 0.351 e. The number of benzene rings is 1. The molecule has 2 amide bonds. The van der Waals surface area contributed by atoms with Gasteiger partial charge in [0.2, 0.25) is 0 Å². The zero-order chi connectivity index (χ0) is 15.7. The number of sulfonamides is 1. The van der Waals surface area contributed by atoms with Gasteiger partial charge in [-0.15, -0.1) is 0 Å². The summed E-state index contributed by atoms with van der Waals surface area (Å²) >= 11 is 3.18. The number of nitrogens with zero attached hydrogens (tertiary/aromatic N) is 2. The van der Waals surface area contributed by atoms with E-state index in [1.165, 1.54) is 11.1 Å². The lowest BCUT2D eigenvalue weighted by Crippen LogP contribution is -2.40. The molecule has 1 atom stereocenters. The van der Waals surface area contributed by atoms with Crippen LogP contribution in [0.2, 0.25) is 0 Å². The van der Waals surface area contributed by atoms with Gasteiger partial charge in [0.1, 0.15) is 4.90 Å². The molecule has 6 nitrogen and oxygen atoms in total. The summed E-state index contributed by atoms with van der Waals surface area (Å²) in [6, 6.07) is 5.67. The van der Waals surface area contributed by atoms with Gasteiger partial charge in [0.15, 0.2) is 0 Å². The van der Waals surface area contributed by atoms with E-state index in [-0.39, 0.29) is 10.8 Å². The highest BCUT2D eigenvalue weighted by Crippen LogP contribution is 2.28. The lowest BCUT2D eigenvalue weighted by molar-refractivity contribution is 0.207. The number of urea groups is 1. The molecule has 1 aromatic carbocycles. The topological polar surface area (TPSA) is 78.8 Å². The molecule has 22 heavy (non-hydrogen) atoms. The number of carbonyl (C=O) groups is 1. The van der Waals surface area contributed by atoms with Crippen molar-refractivity contribution in [3.63, 3.8) is 0 Å². The summed E-state index contributed by atoms with van der Waals surface area (Å²) in [5, 5.41) is 5.51. The van der Waals surface area contributed by atoms with E-state index in [9.17, 15) is 13.2 Å². The number of fused-ring (bicyclic) bond motifs is 1. The third-order valence-corrected chi connectivity index (χ3v) is 6.26. The summed E-state index contributed by atoms with van der Waals surface area (Å²) in [4.78, 5) is 12.2. The highest BCUT2D eigenvalue weighted by atomic mass is 79.9. The van der Waals surface area contributed by atoms with Crippen LogP contribution in [0, 0.1) is 5.92 Å². The van der Waals surface area contributed by atoms with Crippen molar-refractivity contribution in [2.45, 2.75) is 30.6 Å². The second-order valence-corrected chi connectivity index (χ2v) is 7.96. The highest BCUT2D eigenvalue weighted by molar-refractivity contribution is 9.10. The van der Waals surface area contributed by atoms with E-state index in [1.54, 1.807) is 18.2 Å². The molecule has 1 unspecified atom stereocenters. The number of hydrazone groups is 1. The number of nitrogens with one attached hydrogen (secondary N) is 1. The molecular weight excluding hydrogens is 370 g/mol. The van der Waals surface area contributed by atoms with Gasteiger partial charge < -0.3 is 0 Å². The van der Waals surface area contributed by atoms with Crippen LogP contribution in [0.15, 0.2) is 38.7 Å². The maximum absolute atomic E-state index is 12.3. The van der Waals surface area contributed by atoms with Crippen molar-refractivity contribution < 1.29 is 13.2 Å². The smallest absolute Gasteiger partial charge is 0.246 e. The molecule has 0 radical (unpaired) electrons. The third kappa shape index (κ3) is 3.03. The zero-order valence-corrected chi connectivity index (χ0v) is 14.2. The minimum absolute atomic E-state index is 0.0348. The molecule has 8 heteroatoms. The van der Waals surface area contributed by atoms with Gasteiger partial charge in [0.05, 0.1) is 6.54 Å². The van der Waals surface area contributed by atoms with Crippen LogP contribution in [-0.2, 0) is 10.0 Å². The lowest BCUT2D eigenvalue weighted by atomic mass is 9.88. The third-order valence-electron chi connectivity index (χ3n) is 3.93. The largest absolute Gasteiger partial charge is 0.351 e. The molecule has 0 saturated heterocycles. The Balaban J connectivity index is 1.75. The normalized spacial score (nSPS) is 21.2. The van der Waals surface area contributed by atoms with Crippen molar-refractivity contribution in [1.29, 1.82) is 0 Å². The fraction of sp³-hybridized carbons (Fsp3) is 0.429. The number of hydrogen-bond acceptors (Lipinski definition) is 4. The quantitative estimate of drug-likeness (QED) is 0.849. The second kappa shape index (κ2) is 6.00. The Bertz CT molecular complexity index is 733. The molecule has 1 aliphatic carbocycles. The molecule has 3 rings (SSSR count). The molecule has 0 aromatic heterocycles. The van der Waals surface area contributed by atoms with Crippen LogP contribution in [0.25, 0.3) is 0 Å². The SMILES string of the molecule is O=C(NS(=O)(=O)c1ccccc1Br)N1CC2CCCCC2=N1. The van der Waals surface area contributed by atoms with Crippen molar-refractivity contribution in [3.05, 3.63) is 28.7 Å². The number of carbonyl (C=O) groups excluding carboxylic acids is 1. The van der Waals surface area contributed by atoms with E-state index < -0.39 is 16.1 Å². The Morgan fingerprint density at radius 3 is 2.82 bits per heavy atom. The van der Waals surface area contributed by atoms with Crippen molar-refractivity contribution in [3.8, 4) is 0 Å². The fourth-order valence-electron chi connectivity index (χ4n) is 2.81. The Morgan fingerprint density at radius 1 is 1.32 bits per heavy atom.